The van der Waals surface area contributed by atoms with Crippen LogP contribution in [-0.2, 0) is 28.6 Å². The van der Waals surface area contributed by atoms with Crippen molar-refractivity contribution in [3.8, 4) is 0 Å². The zero-order valence-electron chi connectivity index (χ0n) is 43.7. The van der Waals surface area contributed by atoms with Gasteiger partial charge in [-0.1, -0.05) is 248 Å². The van der Waals surface area contributed by atoms with Gasteiger partial charge in [0.1, 0.15) is 13.2 Å². The lowest BCUT2D eigenvalue weighted by molar-refractivity contribution is -0.167. The fourth-order valence-electron chi connectivity index (χ4n) is 8.00. The molecule has 382 valence electrons. The molecule has 66 heavy (non-hydrogen) atoms. The average Bonchev–Trinajstić information content (AvgIpc) is 3.31. The van der Waals surface area contributed by atoms with Crippen LogP contribution in [0.3, 0.4) is 0 Å². The van der Waals surface area contributed by atoms with Gasteiger partial charge in [-0.05, 0) is 77.0 Å². The Hall–Kier alpha value is -2.89. The highest BCUT2D eigenvalue weighted by Gasteiger charge is 2.19. The lowest BCUT2D eigenvalue weighted by Gasteiger charge is -2.18. The van der Waals surface area contributed by atoms with E-state index in [0.717, 1.165) is 116 Å². The third-order valence-corrected chi connectivity index (χ3v) is 12.3. The van der Waals surface area contributed by atoms with Crippen LogP contribution in [0.25, 0.3) is 0 Å². The largest absolute Gasteiger partial charge is 0.462 e. The first kappa shape index (κ1) is 63.1. The molecule has 0 aliphatic carbocycles. The minimum Gasteiger partial charge on any atom is -0.462 e. The highest BCUT2D eigenvalue weighted by atomic mass is 16.6. The first-order valence-electron chi connectivity index (χ1n) is 28.3. The van der Waals surface area contributed by atoms with Crippen LogP contribution in [0.2, 0.25) is 0 Å². The van der Waals surface area contributed by atoms with Gasteiger partial charge in [0, 0.05) is 19.3 Å². The van der Waals surface area contributed by atoms with Gasteiger partial charge < -0.3 is 14.2 Å². The van der Waals surface area contributed by atoms with Gasteiger partial charge in [-0.3, -0.25) is 14.4 Å². The topological polar surface area (TPSA) is 78.9 Å². The minimum atomic E-state index is -0.787. The predicted octanol–water partition coefficient (Wildman–Crippen LogP) is 18.8. The van der Waals surface area contributed by atoms with Crippen LogP contribution in [0.5, 0.6) is 0 Å². The number of carbonyl (C=O) groups excluding carboxylic acids is 3. The van der Waals surface area contributed by atoms with E-state index in [-0.39, 0.29) is 31.1 Å². The Labute approximate surface area is 409 Å². The van der Waals surface area contributed by atoms with E-state index in [4.69, 9.17) is 14.2 Å². The van der Waals surface area contributed by atoms with Gasteiger partial charge in [-0.15, -0.1) is 0 Å². The quantitative estimate of drug-likeness (QED) is 0.0262. The molecule has 0 amide bonds. The summed E-state index contributed by atoms with van der Waals surface area (Å²) < 4.78 is 16.8. The van der Waals surface area contributed by atoms with Gasteiger partial charge in [0.2, 0.25) is 0 Å². The maximum Gasteiger partial charge on any atom is 0.306 e. The first-order chi connectivity index (χ1) is 32.5. The van der Waals surface area contributed by atoms with Crippen LogP contribution < -0.4 is 0 Å². The standard InChI is InChI=1S/C60H106O6/c1-4-7-10-13-16-19-22-25-28-29-30-31-33-35-38-41-44-47-50-53-59(62)65-56-57(55-64-58(61)52-49-46-43-40-37-34-27-24-21-18-15-12-9-6-3)66-60(63)54-51-48-45-42-39-36-32-26-23-20-17-14-11-8-5-2/h8,11,15,17-18,20,24,26-27,32,57H,4-7,9-10,12-14,16,19,21-23,25,28-31,33-56H2,1-3H3/b11-8-,18-15-,20-17-,27-24-,32-26-/t57-/m1/s1. The van der Waals surface area contributed by atoms with Gasteiger partial charge in [-0.25, -0.2) is 0 Å². The number of hydrogen-bond acceptors (Lipinski definition) is 6. The van der Waals surface area contributed by atoms with Crippen molar-refractivity contribution in [3.63, 3.8) is 0 Å². The number of rotatable bonds is 51. The molecular formula is C60H106O6. The smallest absolute Gasteiger partial charge is 0.306 e. The second-order valence-corrected chi connectivity index (χ2v) is 18.8. The Morgan fingerprint density at radius 3 is 0.970 bits per heavy atom. The van der Waals surface area contributed by atoms with Crippen molar-refractivity contribution in [2.45, 2.75) is 290 Å². The molecule has 0 N–H and O–H groups in total. The van der Waals surface area contributed by atoms with Crippen LogP contribution in [0.1, 0.15) is 284 Å². The highest BCUT2D eigenvalue weighted by Crippen LogP contribution is 2.16. The zero-order valence-corrected chi connectivity index (χ0v) is 43.7. The van der Waals surface area contributed by atoms with Gasteiger partial charge in [0.25, 0.3) is 0 Å². The van der Waals surface area contributed by atoms with Crippen molar-refractivity contribution in [1.29, 1.82) is 0 Å². The fraction of sp³-hybridized carbons (Fsp3) is 0.783. The van der Waals surface area contributed by atoms with Gasteiger partial charge in [0.05, 0.1) is 0 Å². The highest BCUT2D eigenvalue weighted by molar-refractivity contribution is 5.71. The molecule has 0 aliphatic heterocycles. The summed E-state index contributed by atoms with van der Waals surface area (Å²) in [4.78, 5) is 38.1. The normalized spacial score (nSPS) is 12.5. The molecule has 0 spiro atoms. The van der Waals surface area contributed by atoms with Crippen molar-refractivity contribution in [3.05, 3.63) is 60.8 Å². The second-order valence-electron chi connectivity index (χ2n) is 18.8. The summed E-state index contributed by atoms with van der Waals surface area (Å²) >= 11 is 0. The Bertz CT molecular complexity index is 1200. The molecule has 0 bridgehead atoms. The molecule has 6 nitrogen and oxygen atoms in total. The van der Waals surface area contributed by atoms with Crippen LogP contribution in [0.4, 0.5) is 0 Å². The molecule has 0 saturated carbocycles. The van der Waals surface area contributed by atoms with Crippen molar-refractivity contribution >= 4 is 17.9 Å². The Morgan fingerprint density at radius 1 is 0.318 bits per heavy atom. The molecule has 0 unspecified atom stereocenters. The summed E-state index contributed by atoms with van der Waals surface area (Å²) in [6.07, 6.45) is 67.8. The lowest BCUT2D eigenvalue weighted by Crippen LogP contribution is -2.30. The molecule has 0 rings (SSSR count). The third kappa shape index (κ3) is 52.1. The number of allylic oxidation sites excluding steroid dienone is 10. The molecule has 0 aromatic carbocycles. The van der Waals surface area contributed by atoms with Crippen LogP contribution in [0, 0.1) is 0 Å². The number of esters is 3. The minimum absolute atomic E-state index is 0.0835. The molecule has 0 aromatic heterocycles. The van der Waals surface area contributed by atoms with Crippen molar-refractivity contribution in [1.82, 2.24) is 0 Å². The molecule has 1 atom stereocenters. The average molecular weight is 924 g/mol. The third-order valence-electron chi connectivity index (χ3n) is 12.3. The van der Waals surface area contributed by atoms with E-state index in [1.807, 2.05) is 0 Å². The van der Waals surface area contributed by atoms with E-state index >= 15 is 0 Å². The van der Waals surface area contributed by atoms with E-state index < -0.39 is 6.10 Å². The monoisotopic (exact) mass is 923 g/mol. The van der Waals surface area contributed by atoms with E-state index in [9.17, 15) is 14.4 Å². The number of carbonyl (C=O) groups is 3. The summed E-state index contributed by atoms with van der Waals surface area (Å²) in [5.74, 6) is -0.905. The van der Waals surface area contributed by atoms with E-state index in [1.165, 1.54) is 128 Å². The molecule has 6 heteroatoms. The lowest BCUT2D eigenvalue weighted by atomic mass is 10.0. The summed E-state index contributed by atoms with van der Waals surface area (Å²) in [6.45, 7) is 6.49. The Kier molecular flexibility index (Phi) is 52.3. The van der Waals surface area contributed by atoms with Crippen molar-refractivity contribution in [2.24, 2.45) is 0 Å². The predicted molar refractivity (Wildman–Crippen MR) is 284 cm³/mol. The molecular weight excluding hydrogens is 817 g/mol. The summed E-state index contributed by atoms with van der Waals surface area (Å²) in [5, 5.41) is 0. The molecule has 0 saturated heterocycles. The summed E-state index contributed by atoms with van der Waals surface area (Å²) in [7, 11) is 0. The summed E-state index contributed by atoms with van der Waals surface area (Å²) in [5.41, 5.74) is 0. The van der Waals surface area contributed by atoms with E-state index in [2.05, 4.69) is 81.5 Å². The number of ether oxygens (including phenoxy) is 3. The van der Waals surface area contributed by atoms with Crippen LogP contribution >= 0.6 is 0 Å². The number of hydrogen-bond donors (Lipinski definition) is 0. The van der Waals surface area contributed by atoms with Crippen molar-refractivity contribution < 1.29 is 28.6 Å². The second kappa shape index (κ2) is 54.7. The van der Waals surface area contributed by atoms with Crippen LogP contribution in [0.15, 0.2) is 60.8 Å². The summed E-state index contributed by atoms with van der Waals surface area (Å²) in [6, 6.07) is 0. The zero-order chi connectivity index (χ0) is 47.9. The maximum atomic E-state index is 12.8. The van der Waals surface area contributed by atoms with Gasteiger partial charge in [-0.2, -0.15) is 0 Å². The molecule has 0 aromatic rings. The van der Waals surface area contributed by atoms with E-state index in [0.29, 0.717) is 19.3 Å². The molecule has 0 heterocycles. The van der Waals surface area contributed by atoms with E-state index in [1.54, 1.807) is 0 Å². The molecule has 0 radical (unpaired) electrons. The first-order valence-corrected chi connectivity index (χ1v) is 28.3. The van der Waals surface area contributed by atoms with Crippen molar-refractivity contribution in [2.75, 3.05) is 13.2 Å². The molecule has 0 aliphatic rings. The number of unbranched alkanes of at least 4 members (excludes halogenated alkanes) is 30. The van der Waals surface area contributed by atoms with Crippen LogP contribution in [-0.4, -0.2) is 37.2 Å². The van der Waals surface area contributed by atoms with Gasteiger partial charge >= 0.3 is 17.9 Å². The Balaban J connectivity index is 4.36. The molecule has 0 fully saturated rings. The fourth-order valence-corrected chi connectivity index (χ4v) is 8.00. The maximum absolute atomic E-state index is 12.8. The van der Waals surface area contributed by atoms with Gasteiger partial charge in [0.15, 0.2) is 6.10 Å². The SMILES string of the molecule is CC/C=C\C/C=C\C/C=C\CCCCCCCC(=O)O[C@H](COC(=O)CCCCCCC/C=C\C/C=C\CCCC)COC(=O)CCCCCCCCCCCCCCCCCCCCC. The Morgan fingerprint density at radius 2 is 0.606 bits per heavy atom.